The average Bonchev–Trinajstić information content (AvgIpc) is 2.33. The molecule has 0 N–H and O–H groups in total. The van der Waals surface area contributed by atoms with Crippen LogP contribution in [0.15, 0.2) is 0 Å². The van der Waals surface area contributed by atoms with Crippen molar-refractivity contribution in [3.8, 4) is 0 Å². The quantitative estimate of drug-likeness (QED) is 0.793. The first-order chi connectivity index (χ1) is 8.78. The molecule has 1 amide bonds. The number of hydrogen-bond acceptors (Lipinski definition) is 3. The van der Waals surface area contributed by atoms with Crippen LogP contribution in [0.25, 0.3) is 0 Å². The van der Waals surface area contributed by atoms with Crippen LogP contribution in [-0.4, -0.2) is 61.4 Å². The Labute approximate surface area is 111 Å². The molecule has 0 unspecified atom stereocenters. The number of carbonyl (C=O) groups excluding carboxylic acids is 1. The van der Waals surface area contributed by atoms with Crippen molar-refractivity contribution in [1.29, 1.82) is 0 Å². The molecule has 1 aliphatic rings. The van der Waals surface area contributed by atoms with Gasteiger partial charge in [0.1, 0.15) is 0 Å². The fourth-order valence-corrected chi connectivity index (χ4v) is 1.83. The van der Waals surface area contributed by atoms with E-state index in [4.69, 9.17) is 0 Å². The molecule has 0 atom stereocenters. The minimum absolute atomic E-state index is 0.425. The van der Waals surface area contributed by atoms with Crippen molar-refractivity contribution in [2.45, 2.75) is 26.4 Å². The smallest absolute Gasteiger partial charge is 0.422 e. The zero-order valence-electron chi connectivity index (χ0n) is 11.4. The lowest BCUT2D eigenvalue weighted by atomic mass is 10.1. The van der Waals surface area contributed by atoms with Crippen LogP contribution >= 0.6 is 0 Å². The predicted molar refractivity (Wildman–Crippen MR) is 64.9 cm³/mol. The molecule has 1 rings (SSSR count). The molecule has 19 heavy (non-hydrogen) atoms. The number of piperazine rings is 1. The Morgan fingerprint density at radius 1 is 1.21 bits per heavy atom. The first-order valence-corrected chi connectivity index (χ1v) is 6.49. The van der Waals surface area contributed by atoms with E-state index in [1.807, 2.05) is 0 Å². The SMILES string of the molecule is CC(C)CCN1CCN(C(=O)OCC(F)(F)F)CC1. The maximum atomic E-state index is 11.9. The van der Waals surface area contributed by atoms with Gasteiger partial charge in [-0.3, -0.25) is 4.90 Å². The lowest BCUT2D eigenvalue weighted by molar-refractivity contribution is -0.162. The van der Waals surface area contributed by atoms with Crippen molar-refractivity contribution in [1.82, 2.24) is 9.80 Å². The maximum Gasteiger partial charge on any atom is 0.422 e. The van der Waals surface area contributed by atoms with E-state index in [2.05, 4.69) is 23.5 Å². The molecule has 1 fully saturated rings. The molecule has 1 heterocycles. The fraction of sp³-hybridized carbons (Fsp3) is 0.917. The van der Waals surface area contributed by atoms with Crippen LogP contribution in [0.5, 0.6) is 0 Å². The van der Waals surface area contributed by atoms with E-state index in [1.54, 1.807) is 0 Å². The Morgan fingerprint density at radius 3 is 2.26 bits per heavy atom. The van der Waals surface area contributed by atoms with Gasteiger partial charge < -0.3 is 9.64 Å². The molecule has 0 aromatic carbocycles. The highest BCUT2D eigenvalue weighted by Crippen LogP contribution is 2.15. The number of amides is 1. The van der Waals surface area contributed by atoms with Gasteiger partial charge in [0, 0.05) is 26.2 Å². The van der Waals surface area contributed by atoms with Crippen LogP contribution in [-0.2, 0) is 4.74 Å². The largest absolute Gasteiger partial charge is 0.440 e. The molecule has 0 aromatic rings. The van der Waals surface area contributed by atoms with Gasteiger partial charge in [-0.25, -0.2) is 4.79 Å². The van der Waals surface area contributed by atoms with E-state index in [9.17, 15) is 18.0 Å². The zero-order chi connectivity index (χ0) is 14.5. The summed E-state index contributed by atoms with van der Waals surface area (Å²) in [6, 6.07) is 0. The van der Waals surface area contributed by atoms with Gasteiger partial charge in [0.15, 0.2) is 6.61 Å². The summed E-state index contributed by atoms with van der Waals surface area (Å²) < 4.78 is 40.0. The van der Waals surface area contributed by atoms with Crippen molar-refractivity contribution in [3.05, 3.63) is 0 Å². The second-order valence-electron chi connectivity index (χ2n) is 5.18. The number of rotatable bonds is 4. The number of ether oxygens (including phenoxy) is 1. The molecule has 1 aliphatic heterocycles. The molecule has 0 aliphatic carbocycles. The molecular formula is C12H21F3N2O2. The highest BCUT2D eigenvalue weighted by molar-refractivity contribution is 5.67. The van der Waals surface area contributed by atoms with Gasteiger partial charge in [0.05, 0.1) is 0 Å². The number of hydrogen-bond donors (Lipinski definition) is 0. The minimum atomic E-state index is -4.46. The minimum Gasteiger partial charge on any atom is -0.440 e. The zero-order valence-corrected chi connectivity index (χ0v) is 11.4. The number of halogens is 3. The fourth-order valence-electron chi connectivity index (χ4n) is 1.83. The molecule has 0 bridgehead atoms. The summed E-state index contributed by atoms with van der Waals surface area (Å²) in [4.78, 5) is 14.9. The molecule has 112 valence electrons. The number of nitrogens with zero attached hydrogens (tertiary/aromatic N) is 2. The molecule has 0 radical (unpaired) electrons. The van der Waals surface area contributed by atoms with Gasteiger partial charge >= 0.3 is 12.3 Å². The Hall–Kier alpha value is -0.980. The molecule has 0 spiro atoms. The summed E-state index contributed by atoms with van der Waals surface area (Å²) in [5, 5.41) is 0. The van der Waals surface area contributed by atoms with Gasteiger partial charge in [-0.15, -0.1) is 0 Å². The molecular weight excluding hydrogens is 261 g/mol. The summed E-state index contributed by atoms with van der Waals surface area (Å²) >= 11 is 0. The van der Waals surface area contributed by atoms with Crippen molar-refractivity contribution >= 4 is 6.09 Å². The van der Waals surface area contributed by atoms with Gasteiger partial charge in [0.25, 0.3) is 0 Å². The Kier molecular flexibility index (Phi) is 5.90. The lowest BCUT2D eigenvalue weighted by Gasteiger charge is -2.34. The third-order valence-electron chi connectivity index (χ3n) is 3.01. The Balaban J connectivity index is 2.23. The van der Waals surface area contributed by atoms with Crippen LogP contribution in [0.1, 0.15) is 20.3 Å². The van der Waals surface area contributed by atoms with Crippen LogP contribution in [0.4, 0.5) is 18.0 Å². The van der Waals surface area contributed by atoms with Crippen LogP contribution < -0.4 is 0 Å². The first-order valence-electron chi connectivity index (χ1n) is 6.49. The van der Waals surface area contributed by atoms with Gasteiger partial charge in [-0.05, 0) is 18.9 Å². The summed E-state index contributed by atoms with van der Waals surface area (Å²) in [6.45, 7) is 5.96. The molecule has 7 heteroatoms. The van der Waals surface area contributed by atoms with Crippen molar-refractivity contribution in [2.75, 3.05) is 39.3 Å². The average molecular weight is 282 g/mol. The number of carbonyl (C=O) groups is 1. The standard InChI is InChI=1S/C12H21F3N2O2/c1-10(2)3-4-16-5-7-17(8-6-16)11(18)19-9-12(13,14)15/h10H,3-9H2,1-2H3. The van der Waals surface area contributed by atoms with Gasteiger partial charge in [-0.1, -0.05) is 13.8 Å². The Bertz CT molecular complexity index is 287. The lowest BCUT2D eigenvalue weighted by Crippen LogP contribution is -2.49. The molecule has 1 saturated heterocycles. The monoisotopic (exact) mass is 282 g/mol. The van der Waals surface area contributed by atoms with Gasteiger partial charge in [0.2, 0.25) is 0 Å². The third kappa shape index (κ3) is 6.66. The van der Waals surface area contributed by atoms with Crippen LogP contribution in [0, 0.1) is 5.92 Å². The first kappa shape index (κ1) is 16.1. The number of alkyl halides is 3. The molecule has 0 saturated carbocycles. The molecule has 4 nitrogen and oxygen atoms in total. The van der Waals surface area contributed by atoms with Gasteiger partial charge in [-0.2, -0.15) is 13.2 Å². The highest BCUT2D eigenvalue weighted by atomic mass is 19.4. The van der Waals surface area contributed by atoms with Crippen molar-refractivity contribution in [3.63, 3.8) is 0 Å². The maximum absolute atomic E-state index is 11.9. The summed E-state index contributed by atoms with van der Waals surface area (Å²) in [5.41, 5.74) is 0. The van der Waals surface area contributed by atoms with Crippen molar-refractivity contribution in [2.24, 2.45) is 5.92 Å². The van der Waals surface area contributed by atoms with E-state index >= 15 is 0 Å². The van der Waals surface area contributed by atoms with E-state index in [-0.39, 0.29) is 0 Å². The summed E-state index contributed by atoms with van der Waals surface area (Å²) in [6.07, 6.45) is -4.26. The third-order valence-corrected chi connectivity index (χ3v) is 3.01. The van der Waals surface area contributed by atoms with Crippen molar-refractivity contribution < 1.29 is 22.7 Å². The topological polar surface area (TPSA) is 32.8 Å². The van der Waals surface area contributed by atoms with E-state index in [0.717, 1.165) is 13.0 Å². The normalized spacial score (nSPS) is 17.9. The highest BCUT2D eigenvalue weighted by Gasteiger charge is 2.31. The van der Waals surface area contributed by atoms with E-state index in [1.165, 1.54) is 4.90 Å². The van der Waals surface area contributed by atoms with Crippen LogP contribution in [0.2, 0.25) is 0 Å². The molecule has 0 aromatic heterocycles. The summed E-state index contributed by atoms with van der Waals surface area (Å²) in [5.74, 6) is 0.620. The summed E-state index contributed by atoms with van der Waals surface area (Å²) in [7, 11) is 0. The second-order valence-corrected chi connectivity index (χ2v) is 5.18. The Morgan fingerprint density at radius 2 is 1.79 bits per heavy atom. The second kappa shape index (κ2) is 6.98. The predicted octanol–water partition coefficient (Wildman–Crippen LogP) is 2.35. The van der Waals surface area contributed by atoms with Crippen LogP contribution in [0.3, 0.4) is 0 Å². The van der Waals surface area contributed by atoms with E-state index in [0.29, 0.717) is 32.1 Å². The van der Waals surface area contributed by atoms with E-state index < -0.39 is 18.9 Å².